The van der Waals surface area contributed by atoms with E-state index >= 15 is 0 Å². The zero-order valence-corrected chi connectivity index (χ0v) is 30.7. The van der Waals surface area contributed by atoms with Gasteiger partial charge in [-0.25, -0.2) is 15.0 Å². The molecule has 4 heterocycles. The number of para-hydroxylation sites is 2. The highest BCUT2D eigenvalue weighted by Crippen LogP contribution is 2.46. The van der Waals surface area contributed by atoms with Crippen LogP contribution < -0.4 is 0 Å². The van der Waals surface area contributed by atoms with Gasteiger partial charge in [0.25, 0.3) is 0 Å². The summed E-state index contributed by atoms with van der Waals surface area (Å²) in [5, 5.41) is 11.6. The Morgan fingerprint density at radius 2 is 0.964 bits per heavy atom. The van der Waals surface area contributed by atoms with Crippen molar-refractivity contribution < 1.29 is 0 Å². The van der Waals surface area contributed by atoms with Gasteiger partial charge in [0.1, 0.15) is 0 Å². The molecular weight excluding hydrogens is 685 g/mol. The van der Waals surface area contributed by atoms with Crippen LogP contribution in [0.3, 0.4) is 0 Å². The van der Waals surface area contributed by atoms with Crippen molar-refractivity contribution in [1.29, 1.82) is 0 Å². The van der Waals surface area contributed by atoms with Crippen molar-refractivity contribution in [2.45, 2.75) is 13.8 Å². The van der Waals surface area contributed by atoms with Gasteiger partial charge >= 0.3 is 0 Å². The summed E-state index contributed by atoms with van der Waals surface area (Å²) in [6.07, 6.45) is 5.60. The Morgan fingerprint density at radius 3 is 1.62 bits per heavy atom. The van der Waals surface area contributed by atoms with Gasteiger partial charge in [-0.15, -0.1) is 0 Å². The molecule has 0 amide bonds. The van der Waals surface area contributed by atoms with Crippen LogP contribution in [0.5, 0.6) is 0 Å². The van der Waals surface area contributed by atoms with Crippen molar-refractivity contribution in [3.05, 3.63) is 169 Å². The summed E-state index contributed by atoms with van der Waals surface area (Å²) in [5.41, 5.74) is 11.7. The lowest BCUT2D eigenvalue weighted by Gasteiger charge is -2.16. The molecule has 8 aromatic carbocycles. The molecule has 0 saturated heterocycles. The average Bonchev–Trinajstić information content (AvgIpc) is 3.79. The molecule has 0 bridgehead atoms. The molecular formula is C50H32N6. The molecule has 262 valence electrons. The van der Waals surface area contributed by atoms with Gasteiger partial charge in [0, 0.05) is 56.0 Å². The average molecular weight is 717 g/mol. The highest BCUT2D eigenvalue weighted by molar-refractivity contribution is 6.26. The molecule has 0 unspecified atom stereocenters. The predicted molar refractivity (Wildman–Crippen MR) is 231 cm³/mol. The van der Waals surface area contributed by atoms with Crippen molar-refractivity contribution >= 4 is 87.0 Å². The highest BCUT2D eigenvalue weighted by atomic mass is 15.2. The molecule has 56 heavy (non-hydrogen) atoms. The van der Waals surface area contributed by atoms with Gasteiger partial charge in [-0.3, -0.25) is 9.55 Å². The molecule has 0 saturated carbocycles. The molecule has 6 heteroatoms. The van der Waals surface area contributed by atoms with Crippen LogP contribution in [-0.4, -0.2) is 29.1 Å². The van der Waals surface area contributed by atoms with E-state index in [-0.39, 0.29) is 0 Å². The molecule has 6 nitrogen and oxygen atoms in total. The Bertz CT molecular complexity index is 3580. The van der Waals surface area contributed by atoms with Crippen LogP contribution in [0.1, 0.15) is 11.1 Å². The minimum Gasteiger partial charge on any atom is -0.307 e. The molecule has 0 N–H and O–H groups in total. The Morgan fingerprint density at radius 1 is 0.446 bits per heavy atom. The van der Waals surface area contributed by atoms with Crippen molar-refractivity contribution in [1.82, 2.24) is 29.1 Å². The summed E-state index contributed by atoms with van der Waals surface area (Å²) in [7, 11) is 0. The molecule has 0 aliphatic rings. The van der Waals surface area contributed by atoms with E-state index in [9.17, 15) is 0 Å². The van der Waals surface area contributed by atoms with Crippen LogP contribution in [0.15, 0.2) is 158 Å². The first-order valence-corrected chi connectivity index (χ1v) is 19.0. The smallest absolute Gasteiger partial charge is 0.234 e. The Labute approximate surface area is 321 Å². The Balaban J connectivity index is 1.24. The third kappa shape index (κ3) is 4.15. The van der Waals surface area contributed by atoms with E-state index < -0.39 is 0 Å². The minimum absolute atomic E-state index is 0.644. The number of fused-ring (bicyclic) bond motifs is 14. The van der Waals surface area contributed by atoms with Gasteiger partial charge in [0.15, 0.2) is 0 Å². The molecule has 0 atom stereocenters. The first kappa shape index (κ1) is 31.0. The fourth-order valence-electron chi connectivity index (χ4n) is 9.33. The summed E-state index contributed by atoms with van der Waals surface area (Å²) in [4.78, 5) is 20.3. The summed E-state index contributed by atoms with van der Waals surface area (Å²) < 4.78 is 4.70. The second kappa shape index (κ2) is 11.5. The maximum Gasteiger partial charge on any atom is 0.234 e. The topological polar surface area (TPSA) is 61.4 Å². The predicted octanol–water partition coefficient (Wildman–Crippen LogP) is 12.4. The number of rotatable bonds is 3. The third-order valence-corrected chi connectivity index (χ3v) is 11.8. The molecule has 0 radical (unpaired) electrons. The first-order chi connectivity index (χ1) is 27.7. The largest absolute Gasteiger partial charge is 0.307 e. The van der Waals surface area contributed by atoms with Crippen LogP contribution in [0.25, 0.3) is 110 Å². The van der Waals surface area contributed by atoms with Crippen molar-refractivity contribution in [2.24, 2.45) is 0 Å². The van der Waals surface area contributed by atoms with Gasteiger partial charge in [-0.1, -0.05) is 109 Å². The molecule has 12 rings (SSSR count). The quantitative estimate of drug-likeness (QED) is 0.171. The fraction of sp³-hybridized carbons (Fsp3) is 0.0400. The second-order valence-electron chi connectivity index (χ2n) is 14.7. The van der Waals surface area contributed by atoms with Crippen LogP contribution in [-0.2, 0) is 0 Å². The zero-order chi connectivity index (χ0) is 37.1. The molecule has 0 fully saturated rings. The molecule has 12 aromatic rings. The third-order valence-electron chi connectivity index (χ3n) is 11.8. The van der Waals surface area contributed by atoms with E-state index in [2.05, 4.69) is 156 Å². The Hall–Kier alpha value is -7.44. The minimum atomic E-state index is 0.644. The number of aryl methyl sites for hydroxylation is 2. The summed E-state index contributed by atoms with van der Waals surface area (Å²) in [6.45, 7) is 4.52. The molecule has 0 aliphatic carbocycles. The van der Waals surface area contributed by atoms with E-state index in [1.807, 2.05) is 24.7 Å². The maximum atomic E-state index is 5.49. The van der Waals surface area contributed by atoms with Gasteiger partial charge < -0.3 is 4.57 Å². The fourth-order valence-corrected chi connectivity index (χ4v) is 9.33. The highest BCUT2D eigenvalue weighted by Gasteiger charge is 2.26. The second-order valence-corrected chi connectivity index (χ2v) is 14.7. The van der Waals surface area contributed by atoms with Crippen LogP contribution in [0.4, 0.5) is 0 Å². The Kier molecular flexibility index (Phi) is 6.38. The van der Waals surface area contributed by atoms with E-state index in [1.54, 1.807) is 0 Å². The summed E-state index contributed by atoms with van der Waals surface area (Å²) in [6, 6.07) is 49.6. The van der Waals surface area contributed by atoms with E-state index in [0.717, 1.165) is 71.6 Å². The zero-order valence-electron chi connectivity index (χ0n) is 30.7. The number of hydrogen-bond acceptors (Lipinski definition) is 4. The summed E-state index contributed by atoms with van der Waals surface area (Å²) >= 11 is 0. The van der Waals surface area contributed by atoms with E-state index in [0.29, 0.717) is 5.95 Å². The number of nitrogens with zero attached hydrogens (tertiary/aromatic N) is 6. The summed E-state index contributed by atoms with van der Waals surface area (Å²) in [5.74, 6) is 0.644. The SMILES string of the molecule is Cc1c(C)c2c3ccccc3n(-c3ncccn3)c2c2c1c1ccccc1n2-c1cc(-c2cnc3c4ccccc4c4ccccc4c3n2)c2ccccc2c1. The molecule has 0 aliphatic heterocycles. The van der Waals surface area contributed by atoms with Crippen LogP contribution in [0.2, 0.25) is 0 Å². The van der Waals surface area contributed by atoms with Crippen molar-refractivity contribution in [3.63, 3.8) is 0 Å². The standard InChI is InChI=1S/C50H32N6/c1-29-30(2)45-39-21-10-12-23-43(39)56(50-51-24-13-25-52-50)49(45)48-44(29)38-20-9-11-22-42(38)55(48)32-26-31-14-3-4-15-33(31)40(27-32)41-28-53-46-36-18-7-5-16-34(36)35-17-6-8-19-37(35)47(46)54-41/h3-28H,1-2H3. The lowest BCUT2D eigenvalue weighted by Crippen LogP contribution is -2.03. The lowest BCUT2D eigenvalue weighted by molar-refractivity contribution is 0.987. The number of benzene rings is 8. The maximum absolute atomic E-state index is 5.49. The van der Waals surface area contributed by atoms with Crippen molar-refractivity contribution in [3.8, 4) is 22.9 Å². The molecule has 4 aromatic heterocycles. The van der Waals surface area contributed by atoms with Crippen LogP contribution in [0, 0.1) is 13.8 Å². The van der Waals surface area contributed by atoms with Crippen molar-refractivity contribution in [2.75, 3.05) is 0 Å². The van der Waals surface area contributed by atoms with Gasteiger partial charge in [-0.05, 0) is 76.9 Å². The monoisotopic (exact) mass is 716 g/mol. The normalized spacial score (nSPS) is 12.1. The van der Waals surface area contributed by atoms with Gasteiger partial charge in [-0.2, -0.15) is 0 Å². The van der Waals surface area contributed by atoms with E-state index in [1.165, 1.54) is 43.4 Å². The van der Waals surface area contributed by atoms with Gasteiger partial charge in [0.05, 0.1) is 45.0 Å². The first-order valence-electron chi connectivity index (χ1n) is 19.0. The molecule has 0 spiro atoms. The number of hydrogen-bond donors (Lipinski definition) is 0. The lowest BCUT2D eigenvalue weighted by atomic mass is 9.97. The van der Waals surface area contributed by atoms with E-state index in [4.69, 9.17) is 19.9 Å². The van der Waals surface area contributed by atoms with Crippen LogP contribution >= 0.6 is 0 Å². The number of aromatic nitrogens is 6. The van der Waals surface area contributed by atoms with Gasteiger partial charge in [0.2, 0.25) is 5.95 Å².